The molecule has 172 valence electrons. The summed E-state index contributed by atoms with van der Waals surface area (Å²) in [7, 11) is 0.385. The molecule has 33 heavy (non-hydrogen) atoms. The Morgan fingerprint density at radius 2 is 1.76 bits per heavy atom. The van der Waals surface area contributed by atoms with Gasteiger partial charge in [-0.05, 0) is 41.5 Å². The maximum atomic E-state index is 13.3. The number of hydrogen-bond acceptors (Lipinski definition) is 7. The SMILES string of the molecule is COc1ccc(S(=O)(=O)N(C)c2cccc(C(=CC(=O)NO)c3cccnc3)c2)cc1OC. The molecule has 1 heterocycles. The number of carbonyl (C=O) groups is 1. The van der Waals surface area contributed by atoms with Crippen molar-refractivity contribution in [1.29, 1.82) is 0 Å². The number of hydrogen-bond donors (Lipinski definition) is 2. The molecular formula is C23H23N3O6S. The third-order valence-electron chi connectivity index (χ3n) is 4.89. The average Bonchev–Trinajstić information content (AvgIpc) is 2.86. The number of nitrogens with one attached hydrogen (secondary N) is 1. The predicted octanol–water partition coefficient (Wildman–Crippen LogP) is 2.86. The molecule has 0 bridgehead atoms. The molecule has 10 heteroatoms. The Labute approximate surface area is 191 Å². The van der Waals surface area contributed by atoms with Crippen LogP contribution in [0.2, 0.25) is 0 Å². The van der Waals surface area contributed by atoms with Crippen molar-refractivity contribution in [3.8, 4) is 11.5 Å². The number of amides is 1. The fourth-order valence-corrected chi connectivity index (χ4v) is 4.37. The van der Waals surface area contributed by atoms with E-state index in [1.165, 1.54) is 45.5 Å². The van der Waals surface area contributed by atoms with Gasteiger partial charge in [0.05, 0.1) is 24.8 Å². The summed E-state index contributed by atoms with van der Waals surface area (Å²) in [5.74, 6) is -0.0300. The monoisotopic (exact) mass is 469 g/mol. The second kappa shape index (κ2) is 10.2. The zero-order chi connectivity index (χ0) is 24.0. The zero-order valence-corrected chi connectivity index (χ0v) is 19.0. The molecule has 3 rings (SSSR count). The summed E-state index contributed by atoms with van der Waals surface area (Å²) >= 11 is 0. The fourth-order valence-electron chi connectivity index (χ4n) is 3.16. The minimum Gasteiger partial charge on any atom is -0.493 e. The summed E-state index contributed by atoms with van der Waals surface area (Å²) in [5.41, 5.74) is 3.56. The van der Waals surface area contributed by atoms with Crippen molar-refractivity contribution < 1.29 is 27.9 Å². The molecule has 0 fully saturated rings. The number of rotatable bonds is 8. The number of nitrogens with zero attached hydrogens (tertiary/aromatic N) is 2. The lowest BCUT2D eigenvalue weighted by molar-refractivity contribution is -0.124. The van der Waals surface area contributed by atoms with Crippen LogP contribution < -0.4 is 19.3 Å². The third-order valence-corrected chi connectivity index (χ3v) is 6.67. The Kier molecular flexibility index (Phi) is 7.31. The lowest BCUT2D eigenvalue weighted by Crippen LogP contribution is -2.26. The maximum absolute atomic E-state index is 13.3. The lowest BCUT2D eigenvalue weighted by atomic mass is 9.98. The quantitative estimate of drug-likeness (QED) is 0.296. The Hall–Kier alpha value is -3.89. The van der Waals surface area contributed by atoms with Crippen molar-refractivity contribution >= 4 is 27.2 Å². The summed E-state index contributed by atoms with van der Waals surface area (Å²) in [5, 5.41) is 8.97. The molecule has 0 unspecified atom stereocenters. The molecule has 0 radical (unpaired) electrons. The fraction of sp³-hybridized carbons (Fsp3) is 0.130. The van der Waals surface area contributed by atoms with Crippen molar-refractivity contribution in [2.75, 3.05) is 25.6 Å². The highest BCUT2D eigenvalue weighted by molar-refractivity contribution is 7.92. The largest absolute Gasteiger partial charge is 0.493 e. The maximum Gasteiger partial charge on any atom is 0.267 e. The van der Waals surface area contributed by atoms with E-state index >= 15 is 0 Å². The van der Waals surface area contributed by atoms with E-state index in [0.29, 0.717) is 28.1 Å². The zero-order valence-electron chi connectivity index (χ0n) is 18.2. The van der Waals surface area contributed by atoms with Crippen molar-refractivity contribution in [1.82, 2.24) is 10.5 Å². The third kappa shape index (κ3) is 5.13. The minimum absolute atomic E-state index is 0.0238. The highest BCUT2D eigenvalue weighted by Crippen LogP contribution is 2.33. The number of sulfonamides is 1. The first-order valence-electron chi connectivity index (χ1n) is 9.69. The van der Waals surface area contributed by atoms with E-state index in [4.69, 9.17) is 14.7 Å². The molecule has 0 aliphatic carbocycles. The van der Waals surface area contributed by atoms with Gasteiger partial charge in [0.2, 0.25) is 0 Å². The van der Waals surface area contributed by atoms with Crippen LogP contribution in [-0.2, 0) is 14.8 Å². The molecule has 0 atom stereocenters. The summed E-state index contributed by atoms with van der Waals surface area (Å²) < 4.78 is 38.1. The highest BCUT2D eigenvalue weighted by atomic mass is 32.2. The number of aromatic nitrogens is 1. The van der Waals surface area contributed by atoms with Gasteiger partial charge in [0.15, 0.2) is 11.5 Å². The van der Waals surface area contributed by atoms with Gasteiger partial charge in [0.1, 0.15) is 0 Å². The summed E-state index contributed by atoms with van der Waals surface area (Å²) in [6.07, 6.45) is 4.36. The first kappa shape index (κ1) is 23.8. The molecule has 2 aromatic carbocycles. The molecule has 0 saturated carbocycles. The van der Waals surface area contributed by atoms with E-state index in [2.05, 4.69) is 4.98 Å². The second-order valence-corrected chi connectivity index (χ2v) is 8.78. The van der Waals surface area contributed by atoms with Gasteiger partial charge in [0.25, 0.3) is 15.9 Å². The van der Waals surface area contributed by atoms with Gasteiger partial charge in [0, 0.05) is 37.1 Å². The number of anilines is 1. The molecule has 1 aromatic heterocycles. The number of pyridine rings is 1. The van der Waals surface area contributed by atoms with Gasteiger partial charge in [-0.1, -0.05) is 18.2 Å². The molecule has 0 spiro atoms. The van der Waals surface area contributed by atoms with Gasteiger partial charge in [-0.2, -0.15) is 0 Å². The van der Waals surface area contributed by atoms with Crippen LogP contribution in [0.4, 0.5) is 5.69 Å². The molecule has 1 amide bonds. The van der Waals surface area contributed by atoms with E-state index in [1.54, 1.807) is 54.3 Å². The number of hydroxylamine groups is 1. The van der Waals surface area contributed by atoms with E-state index in [9.17, 15) is 13.2 Å². The Balaban J connectivity index is 2.05. The lowest BCUT2D eigenvalue weighted by Gasteiger charge is -2.21. The molecular weight excluding hydrogens is 446 g/mol. The van der Waals surface area contributed by atoms with Gasteiger partial charge < -0.3 is 9.47 Å². The number of ether oxygens (including phenoxy) is 2. The van der Waals surface area contributed by atoms with Crippen LogP contribution in [0.3, 0.4) is 0 Å². The minimum atomic E-state index is -3.94. The van der Waals surface area contributed by atoms with Crippen LogP contribution in [0.5, 0.6) is 11.5 Å². The first-order chi connectivity index (χ1) is 15.8. The van der Waals surface area contributed by atoms with E-state index in [1.807, 2.05) is 0 Å². The molecule has 0 aliphatic heterocycles. The van der Waals surface area contributed by atoms with Crippen LogP contribution >= 0.6 is 0 Å². The molecule has 0 aliphatic rings. The molecule has 3 aromatic rings. The molecule has 2 N–H and O–H groups in total. The summed E-state index contributed by atoms with van der Waals surface area (Å²) in [6, 6.07) is 14.5. The number of benzene rings is 2. The average molecular weight is 470 g/mol. The summed E-state index contributed by atoms with van der Waals surface area (Å²) in [6.45, 7) is 0. The van der Waals surface area contributed by atoms with Crippen molar-refractivity contribution in [3.63, 3.8) is 0 Å². The van der Waals surface area contributed by atoms with Gasteiger partial charge >= 0.3 is 0 Å². The second-order valence-electron chi connectivity index (χ2n) is 6.82. The molecule has 9 nitrogen and oxygen atoms in total. The smallest absolute Gasteiger partial charge is 0.267 e. The van der Waals surface area contributed by atoms with Crippen molar-refractivity contribution in [2.45, 2.75) is 4.90 Å². The predicted molar refractivity (Wildman–Crippen MR) is 123 cm³/mol. The standard InChI is InChI=1S/C23H23N3O6S/c1-26(33(29,30)19-9-10-21(31-2)22(13-19)32-3)18-8-4-6-16(12-18)20(14-23(27)25-28)17-7-5-11-24-15-17/h4-15,28H,1-3H3,(H,25,27). The van der Waals surface area contributed by atoms with Crippen molar-refractivity contribution in [2.24, 2.45) is 0 Å². The normalized spacial score (nSPS) is 11.6. The summed E-state index contributed by atoms with van der Waals surface area (Å²) in [4.78, 5) is 15.9. The Bertz CT molecular complexity index is 1280. The Morgan fingerprint density at radius 1 is 1.03 bits per heavy atom. The number of methoxy groups -OCH3 is 2. The van der Waals surface area contributed by atoms with Gasteiger partial charge in [-0.15, -0.1) is 0 Å². The van der Waals surface area contributed by atoms with Crippen molar-refractivity contribution in [3.05, 3.63) is 84.2 Å². The topological polar surface area (TPSA) is 118 Å². The van der Waals surface area contributed by atoms with E-state index in [0.717, 1.165) is 4.31 Å². The van der Waals surface area contributed by atoms with Gasteiger partial charge in [-0.25, -0.2) is 13.9 Å². The van der Waals surface area contributed by atoms with Crippen LogP contribution in [0, 0.1) is 0 Å². The van der Waals surface area contributed by atoms with Crippen LogP contribution in [0.25, 0.3) is 5.57 Å². The van der Waals surface area contributed by atoms with Crippen LogP contribution in [-0.4, -0.2) is 45.8 Å². The Morgan fingerprint density at radius 3 is 2.39 bits per heavy atom. The van der Waals surface area contributed by atoms with Crippen LogP contribution in [0.1, 0.15) is 11.1 Å². The number of carbonyl (C=O) groups excluding carboxylic acids is 1. The van der Waals surface area contributed by atoms with E-state index < -0.39 is 15.9 Å². The van der Waals surface area contributed by atoms with E-state index in [-0.39, 0.29) is 10.6 Å². The first-order valence-corrected chi connectivity index (χ1v) is 11.1. The van der Waals surface area contributed by atoms with Gasteiger partial charge in [-0.3, -0.25) is 19.3 Å². The molecule has 0 saturated heterocycles. The highest BCUT2D eigenvalue weighted by Gasteiger charge is 2.23. The van der Waals surface area contributed by atoms with Crippen LogP contribution in [0.15, 0.2) is 78.0 Å².